The van der Waals surface area contributed by atoms with Crippen molar-refractivity contribution >= 4 is 44.7 Å². The molecule has 25 heavy (non-hydrogen) atoms. The summed E-state index contributed by atoms with van der Waals surface area (Å²) in [5.41, 5.74) is 0. The fourth-order valence-corrected chi connectivity index (χ4v) is 2.68. The van der Waals surface area contributed by atoms with E-state index in [2.05, 4.69) is 6.92 Å². The van der Waals surface area contributed by atoms with Crippen LogP contribution in [-0.2, 0) is 9.47 Å². The van der Waals surface area contributed by atoms with Gasteiger partial charge in [0.25, 0.3) is 0 Å². The van der Waals surface area contributed by atoms with Crippen molar-refractivity contribution in [2.24, 2.45) is 5.92 Å². The van der Waals surface area contributed by atoms with Gasteiger partial charge in [-0.2, -0.15) is 0 Å². The summed E-state index contributed by atoms with van der Waals surface area (Å²) in [6.07, 6.45) is 12.9. The molecule has 2 atom stereocenters. The summed E-state index contributed by atoms with van der Waals surface area (Å²) in [4.78, 5) is 0. The lowest BCUT2D eigenvalue weighted by Crippen LogP contribution is -2.10. The molecule has 0 heterocycles. The zero-order valence-corrected chi connectivity index (χ0v) is 16.9. The van der Waals surface area contributed by atoms with Gasteiger partial charge in [-0.3, -0.25) is 0 Å². The van der Waals surface area contributed by atoms with E-state index < -0.39 is 0 Å². The Labute approximate surface area is 164 Å². The van der Waals surface area contributed by atoms with Crippen molar-refractivity contribution in [3.8, 4) is 0 Å². The van der Waals surface area contributed by atoms with Gasteiger partial charge in [0.15, 0.2) is 0 Å². The fourth-order valence-electron chi connectivity index (χ4n) is 2.68. The third-order valence-electron chi connectivity index (χ3n) is 4.24. The van der Waals surface area contributed by atoms with E-state index in [4.69, 9.17) is 32.7 Å². The maximum absolute atomic E-state index is 5.34. The van der Waals surface area contributed by atoms with Gasteiger partial charge in [0.1, 0.15) is 0 Å². The minimum atomic E-state index is 0.449. The highest BCUT2D eigenvalue weighted by Gasteiger charge is 2.07. The molecule has 0 aliphatic rings. The summed E-state index contributed by atoms with van der Waals surface area (Å²) in [6, 6.07) is 0. The zero-order valence-electron chi connectivity index (χ0n) is 16.9. The monoisotopic (exact) mass is 337 g/mol. The Bertz CT molecular complexity index is 237. The van der Waals surface area contributed by atoms with Crippen molar-refractivity contribution in [1.82, 2.24) is 0 Å². The molecule has 9 radical (unpaired) electrons. The Morgan fingerprint density at radius 3 is 1.80 bits per heavy atom. The molecular weight excluding hydrogens is 301 g/mol. The van der Waals surface area contributed by atoms with Crippen LogP contribution in [0.25, 0.3) is 0 Å². The van der Waals surface area contributed by atoms with E-state index in [1.165, 1.54) is 25.7 Å². The molecule has 0 N–H and O–H groups in total. The first kappa shape index (κ1) is 27.5. The molecule has 0 aromatic rings. The van der Waals surface area contributed by atoms with Crippen LogP contribution < -0.4 is 0 Å². The zero-order chi connectivity index (χ0) is 19.2. The van der Waals surface area contributed by atoms with Crippen LogP contribution in [0, 0.1) is 5.92 Å². The summed E-state index contributed by atoms with van der Waals surface area (Å²) in [5, 5.41) is 0. The van der Waals surface area contributed by atoms with Crippen molar-refractivity contribution in [1.29, 1.82) is 0 Å². The Morgan fingerprint density at radius 2 is 1.32 bits per heavy atom. The lowest BCUT2D eigenvalue weighted by Gasteiger charge is -2.15. The maximum atomic E-state index is 5.34. The summed E-state index contributed by atoms with van der Waals surface area (Å²) >= 11 is 0. The molecule has 0 saturated heterocycles. The average molecular weight is 336 g/mol. The molecule has 0 aliphatic carbocycles. The van der Waals surface area contributed by atoms with E-state index in [9.17, 15) is 0 Å². The molecule has 0 aromatic heterocycles. The topological polar surface area (TPSA) is 18.5 Å². The van der Waals surface area contributed by atoms with E-state index in [0.717, 1.165) is 51.3 Å². The van der Waals surface area contributed by atoms with Crippen molar-refractivity contribution in [2.45, 2.75) is 83.4 Å². The first-order chi connectivity index (χ1) is 12.2. The maximum Gasteiger partial charge on any atom is 0.0571 e. The lowest BCUT2D eigenvalue weighted by atomic mass is 9.52. The summed E-state index contributed by atoms with van der Waals surface area (Å²) < 4.78 is 10.5. The molecule has 2 nitrogen and oxygen atoms in total. The fraction of sp³-hybridized carbons (Fsp3) is 1.00. The first-order valence-corrected chi connectivity index (χ1v) is 9.81. The molecule has 0 bridgehead atoms. The largest absolute Gasteiger partial charge is 0.384 e. The molecule has 0 amide bonds. The van der Waals surface area contributed by atoms with Gasteiger partial charge in [-0.25, -0.2) is 0 Å². The van der Waals surface area contributed by atoms with Crippen molar-refractivity contribution in [3.63, 3.8) is 0 Å². The van der Waals surface area contributed by atoms with Gasteiger partial charge in [0.2, 0.25) is 0 Å². The molecule has 2 unspecified atom stereocenters. The minimum Gasteiger partial charge on any atom is -0.384 e. The standard InChI is InChI=1S/C9H19B2O.C8H16B4O/c1-3-4-6-9(12-2)7-5-8-11-10;1-13-7-8(4-6-12-10)3-2-5-11-9/h9H,3-8H2,1-2H3;8H,2-7H2,1H3. The van der Waals surface area contributed by atoms with Crippen LogP contribution in [-0.4, -0.2) is 71.7 Å². The molecule has 0 fully saturated rings. The second kappa shape index (κ2) is 24.3. The molecular formula is C17H35B6O2. The van der Waals surface area contributed by atoms with Crippen molar-refractivity contribution in [2.75, 3.05) is 20.8 Å². The first-order valence-electron chi connectivity index (χ1n) is 9.81. The van der Waals surface area contributed by atoms with Gasteiger partial charge < -0.3 is 9.47 Å². The third kappa shape index (κ3) is 22.3. The number of methoxy groups -OCH3 is 2. The summed E-state index contributed by atoms with van der Waals surface area (Å²) in [5.74, 6) is 0.629. The Balaban J connectivity index is 0. The number of ether oxygens (including phenoxy) is 2. The highest BCUT2D eigenvalue weighted by molar-refractivity contribution is 6.89. The predicted octanol–water partition coefficient (Wildman–Crippen LogP) is 3.01. The highest BCUT2D eigenvalue weighted by Crippen LogP contribution is 2.15. The quantitative estimate of drug-likeness (QED) is 0.300. The van der Waals surface area contributed by atoms with Crippen LogP contribution in [0.2, 0.25) is 19.0 Å². The Morgan fingerprint density at radius 1 is 0.760 bits per heavy atom. The molecule has 133 valence electrons. The molecule has 0 rings (SSSR count). The van der Waals surface area contributed by atoms with Gasteiger partial charge in [0.05, 0.1) is 27.6 Å². The second-order valence-electron chi connectivity index (χ2n) is 6.47. The van der Waals surface area contributed by atoms with E-state index >= 15 is 0 Å². The van der Waals surface area contributed by atoms with E-state index in [1.807, 2.05) is 0 Å². The van der Waals surface area contributed by atoms with Gasteiger partial charge in [0, 0.05) is 44.0 Å². The average Bonchev–Trinajstić information content (AvgIpc) is 2.63. The van der Waals surface area contributed by atoms with Gasteiger partial charge in [-0.05, 0) is 25.2 Å². The number of hydrogen-bond donors (Lipinski definition) is 0. The molecule has 0 spiro atoms. The molecule has 0 aliphatic heterocycles. The predicted molar refractivity (Wildman–Crippen MR) is 118 cm³/mol. The summed E-state index contributed by atoms with van der Waals surface area (Å²) in [6.45, 7) is 3.04. The van der Waals surface area contributed by atoms with Crippen molar-refractivity contribution in [3.05, 3.63) is 0 Å². The van der Waals surface area contributed by atoms with E-state index in [0.29, 0.717) is 12.0 Å². The number of hydrogen-bond acceptors (Lipinski definition) is 2. The van der Waals surface area contributed by atoms with Crippen LogP contribution in [0.15, 0.2) is 0 Å². The molecule has 0 saturated carbocycles. The smallest absolute Gasteiger partial charge is 0.0571 e. The third-order valence-corrected chi connectivity index (χ3v) is 4.24. The summed E-state index contributed by atoms with van der Waals surface area (Å²) in [7, 11) is 24.6. The van der Waals surface area contributed by atoms with Gasteiger partial charge >= 0.3 is 0 Å². The SMILES string of the molecule is [B][B]CCCC(CCCC)OC.[B][B]CCCC(CC[B][B])COC. The molecule has 0 aromatic carbocycles. The number of rotatable bonds is 17. The van der Waals surface area contributed by atoms with Crippen molar-refractivity contribution < 1.29 is 9.47 Å². The Hall–Kier alpha value is 0.310. The van der Waals surface area contributed by atoms with Crippen LogP contribution >= 0.6 is 0 Å². The van der Waals surface area contributed by atoms with Crippen LogP contribution in [0.1, 0.15) is 58.3 Å². The highest BCUT2D eigenvalue weighted by atomic mass is 16.5. The van der Waals surface area contributed by atoms with Crippen LogP contribution in [0.3, 0.4) is 0 Å². The van der Waals surface area contributed by atoms with E-state index in [1.54, 1.807) is 35.7 Å². The normalized spacial score (nSPS) is 12.6. The Kier molecular flexibility index (Phi) is 26.8. The van der Waals surface area contributed by atoms with Crippen LogP contribution in [0.5, 0.6) is 0 Å². The molecule has 8 heteroatoms. The van der Waals surface area contributed by atoms with Crippen LogP contribution in [0.4, 0.5) is 0 Å². The lowest BCUT2D eigenvalue weighted by molar-refractivity contribution is 0.0854. The minimum absolute atomic E-state index is 0.449. The van der Waals surface area contributed by atoms with Gasteiger partial charge in [-0.15, -0.1) is 0 Å². The number of unbranched alkanes of at least 4 members (excludes halogenated alkanes) is 1. The van der Waals surface area contributed by atoms with E-state index in [-0.39, 0.29) is 0 Å². The van der Waals surface area contributed by atoms with Gasteiger partial charge in [-0.1, -0.05) is 58.0 Å². The second-order valence-corrected chi connectivity index (χ2v) is 6.47.